The van der Waals surface area contributed by atoms with Crippen LogP contribution in [0.3, 0.4) is 0 Å². The molecule has 22 heavy (non-hydrogen) atoms. The van der Waals surface area contributed by atoms with E-state index < -0.39 is 10.9 Å². The second-order valence-electron chi connectivity index (χ2n) is 4.92. The Bertz CT molecular complexity index is 881. The van der Waals surface area contributed by atoms with E-state index in [-0.39, 0.29) is 0 Å². The molecule has 3 aromatic carbocycles. The highest BCUT2D eigenvalue weighted by Gasteiger charge is 2.19. The molecule has 3 rings (SSSR count). The predicted molar refractivity (Wildman–Crippen MR) is 88.7 cm³/mol. The molecule has 0 aliphatic heterocycles. The number of methoxy groups -OCH3 is 1. The number of rotatable bonds is 4. The fourth-order valence-corrected chi connectivity index (χ4v) is 2.35. The lowest BCUT2D eigenvalue weighted by Crippen LogP contribution is -2.35. The lowest BCUT2D eigenvalue weighted by Gasteiger charge is -2.07. The molecule has 3 heteroatoms. The standard InChI is InChI=1S/C19H14O3/c1-22-15-10-7-13(8-11-15)9-12-16-17(19(21)18(16)20)14-5-3-2-4-6-14/h2-12H,1H3/b12-9+. The summed E-state index contributed by atoms with van der Waals surface area (Å²) in [7, 11) is 1.61. The molecule has 0 spiro atoms. The Kier molecular flexibility index (Phi) is 3.71. The third-order valence-corrected chi connectivity index (χ3v) is 3.57. The van der Waals surface area contributed by atoms with Gasteiger partial charge in [0.2, 0.25) is 10.9 Å². The SMILES string of the molecule is COc1ccc(/C=C/c2c(-c3ccccc3)c(=O)c2=O)cc1. The van der Waals surface area contributed by atoms with Crippen molar-refractivity contribution in [2.24, 2.45) is 0 Å². The van der Waals surface area contributed by atoms with Gasteiger partial charge in [-0.05, 0) is 29.3 Å². The largest absolute Gasteiger partial charge is 0.497 e. The quantitative estimate of drug-likeness (QED) is 0.693. The molecule has 0 radical (unpaired) electrons. The third kappa shape index (κ3) is 2.49. The van der Waals surface area contributed by atoms with E-state index in [1.54, 1.807) is 13.2 Å². The van der Waals surface area contributed by atoms with Gasteiger partial charge in [-0.2, -0.15) is 0 Å². The molecule has 0 bridgehead atoms. The van der Waals surface area contributed by atoms with Crippen LogP contribution in [0.2, 0.25) is 0 Å². The summed E-state index contributed by atoms with van der Waals surface area (Å²) in [6, 6.07) is 16.7. The summed E-state index contributed by atoms with van der Waals surface area (Å²) in [6.07, 6.45) is 3.52. The van der Waals surface area contributed by atoms with Gasteiger partial charge in [0.1, 0.15) is 5.75 Å². The number of hydrogen-bond acceptors (Lipinski definition) is 3. The van der Waals surface area contributed by atoms with E-state index in [0.29, 0.717) is 11.1 Å². The molecule has 0 aromatic heterocycles. The fourth-order valence-electron chi connectivity index (χ4n) is 2.35. The Morgan fingerprint density at radius 2 is 1.50 bits per heavy atom. The predicted octanol–water partition coefficient (Wildman–Crippen LogP) is 3.13. The molecule has 3 aromatic rings. The van der Waals surface area contributed by atoms with Gasteiger partial charge in [-0.25, -0.2) is 0 Å². The van der Waals surface area contributed by atoms with Crippen molar-refractivity contribution in [1.29, 1.82) is 0 Å². The van der Waals surface area contributed by atoms with Crippen LogP contribution in [0.15, 0.2) is 64.2 Å². The Labute approximate surface area is 127 Å². The molecule has 0 saturated carbocycles. The fraction of sp³-hybridized carbons (Fsp3) is 0.0526. The second kappa shape index (κ2) is 5.82. The van der Waals surface area contributed by atoms with Crippen molar-refractivity contribution in [2.45, 2.75) is 0 Å². The minimum absolute atomic E-state index is 0.416. The van der Waals surface area contributed by atoms with E-state index >= 15 is 0 Å². The van der Waals surface area contributed by atoms with Crippen molar-refractivity contribution in [2.75, 3.05) is 7.11 Å². The van der Waals surface area contributed by atoms with Crippen LogP contribution in [0.1, 0.15) is 11.1 Å². The minimum Gasteiger partial charge on any atom is -0.497 e. The highest BCUT2D eigenvalue weighted by molar-refractivity contribution is 5.83. The van der Waals surface area contributed by atoms with E-state index in [0.717, 1.165) is 16.9 Å². The lowest BCUT2D eigenvalue weighted by molar-refractivity contribution is 0.415. The summed E-state index contributed by atoms with van der Waals surface area (Å²) in [6.45, 7) is 0. The molecule has 0 saturated heterocycles. The van der Waals surface area contributed by atoms with E-state index in [9.17, 15) is 9.59 Å². The third-order valence-electron chi connectivity index (χ3n) is 3.57. The maximum atomic E-state index is 11.8. The summed E-state index contributed by atoms with van der Waals surface area (Å²) in [5.41, 5.74) is 1.83. The van der Waals surface area contributed by atoms with Crippen LogP contribution < -0.4 is 15.6 Å². The summed E-state index contributed by atoms with van der Waals surface area (Å²) >= 11 is 0. The van der Waals surface area contributed by atoms with Crippen LogP contribution in [0, 0.1) is 0 Å². The van der Waals surface area contributed by atoms with Gasteiger partial charge in [-0.3, -0.25) is 9.59 Å². The zero-order valence-electron chi connectivity index (χ0n) is 12.1. The zero-order valence-corrected chi connectivity index (χ0v) is 12.1. The lowest BCUT2D eigenvalue weighted by atomic mass is 9.93. The van der Waals surface area contributed by atoms with E-state index in [4.69, 9.17) is 4.74 Å². The van der Waals surface area contributed by atoms with Crippen LogP contribution >= 0.6 is 0 Å². The Hall–Kier alpha value is -2.94. The van der Waals surface area contributed by atoms with E-state index in [1.807, 2.05) is 60.7 Å². The highest BCUT2D eigenvalue weighted by Crippen LogP contribution is 2.21. The molecule has 0 aliphatic rings. The molecule has 0 aliphatic carbocycles. The molecule has 0 fully saturated rings. The molecular formula is C19H14O3. The molecule has 0 heterocycles. The van der Waals surface area contributed by atoms with Gasteiger partial charge in [0.25, 0.3) is 0 Å². The monoisotopic (exact) mass is 290 g/mol. The number of benzene rings is 2. The first-order valence-corrected chi connectivity index (χ1v) is 6.91. The van der Waals surface area contributed by atoms with E-state index in [2.05, 4.69) is 0 Å². The first-order valence-electron chi connectivity index (χ1n) is 6.91. The van der Waals surface area contributed by atoms with Gasteiger partial charge in [0.05, 0.1) is 7.11 Å². The van der Waals surface area contributed by atoms with Gasteiger partial charge in [-0.15, -0.1) is 0 Å². The summed E-state index contributed by atoms with van der Waals surface area (Å²) in [4.78, 5) is 23.6. The van der Waals surface area contributed by atoms with Crippen molar-refractivity contribution < 1.29 is 4.74 Å². The van der Waals surface area contributed by atoms with Gasteiger partial charge in [-0.1, -0.05) is 48.5 Å². The molecule has 0 unspecified atom stereocenters. The maximum absolute atomic E-state index is 11.8. The van der Waals surface area contributed by atoms with E-state index in [1.165, 1.54) is 0 Å². The Morgan fingerprint density at radius 3 is 2.14 bits per heavy atom. The van der Waals surface area contributed by atoms with Crippen LogP contribution in [-0.4, -0.2) is 7.11 Å². The first-order chi connectivity index (χ1) is 10.7. The average Bonchev–Trinajstić information content (AvgIpc) is 2.59. The molecule has 108 valence electrons. The summed E-state index contributed by atoms with van der Waals surface area (Å²) < 4.78 is 5.10. The van der Waals surface area contributed by atoms with Crippen molar-refractivity contribution in [1.82, 2.24) is 0 Å². The number of hydrogen-bond donors (Lipinski definition) is 0. The van der Waals surface area contributed by atoms with Gasteiger partial charge in [0.15, 0.2) is 0 Å². The molecule has 0 atom stereocenters. The minimum atomic E-state index is -0.427. The van der Waals surface area contributed by atoms with Gasteiger partial charge in [0, 0.05) is 11.1 Å². The highest BCUT2D eigenvalue weighted by atomic mass is 16.5. The van der Waals surface area contributed by atoms with Crippen LogP contribution in [-0.2, 0) is 0 Å². The Balaban J connectivity index is 1.93. The zero-order chi connectivity index (χ0) is 15.5. The summed E-state index contributed by atoms with van der Waals surface area (Å²) in [5, 5.41) is 0. The molecule has 0 N–H and O–H groups in total. The van der Waals surface area contributed by atoms with Crippen molar-refractivity contribution in [3.63, 3.8) is 0 Å². The van der Waals surface area contributed by atoms with Gasteiger partial charge < -0.3 is 4.74 Å². The Morgan fingerprint density at radius 1 is 0.818 bits per heavy atom. The van der Waals surface area contributed by atoms with Crippen LogP contribution in [0.4, 0.5) is 0 Å². The second-order valence-corrected chi connectivity index (χ2v) is 4.92. The normalized spacial score (nSPS) is 11.1. The molecular weight excluding hydrogens is 276 g/mol. The van der Waals surface area contributed by atoms with Crippen molar-refractivity contribution >= 4 is 12.2 Å². The van der Waals surface area contributed by atoms with Crippen LogP contribution in [0.5, 0.6) is 5.75 Å². The van der Waals surface area contributed by atoms with Gasteiger partial charge >= 0.3 is 0 Å². The molecule has 0 amide bonds. The first kappa shape index (κ1) is 14.0. The topological polar surface area (TPSA) is 43.4 Å². The van der Waals surface area contributed by atoms with Crippen molar-refractivity contribution in [3.8, 4) is 16.9 Å². The average molecular weight is 290 g/mol. The summed E-state index contributed by atoms with van der Waals surface area (Å²) in [5.74, 6) is 0.774. The maximum Gasteiger partial charge on any atom is 0.234 e. The van der Waals surface area contributed by atoms with Crippen LogP contribution in [0.25, 0.3) is 23.3 Å². The smallest absolute Gasteiger partial charge is 0.234 e. The van der Waals surface area contributed by atoms with Crippen molar-refractivity contribution in [3.05, 3.63) is 86.2 Å². The number of ether oxygens (including phenoxy) is 1. The molecule has 3 nitrogen and oxygen atoms in total.